The van der Waals surface area contributed by atoms with Gasteiger partial charge in [-0.05, 0) is 24.3 Å². The van der Waals surface area contributed by atoms with Crippen LogP contribution in [0.1, 0.15) is 20.7 Å². The first kappa shape index (κ1) is 29.7. The molecule has 0 aliphatic heterocycles. The number of benzene rings is 1. The number of fused-ring (bicyclic) bond motifs is 2. The Kier molecular flexibility index (Phi) is 12.4. The Morgan fingerprint density at radius 1 is 0.647 bits per heavy atom. The maximum atomic E-state index is 13.4. The summed E-state index contributed by atoms with van der Waals surface area (Å²) in [6.45, 7) is 2.96. The van der Waals surface area contributed by atoms with Gasteiger partial charge in [-0.25, -0.2) is 0 Å². The van der Waals surface area contributed by atoms with Crippen LogP contribution in [-0.2, 0) is 0 Å². The lowest BCUT2D eigenvalue weighted by Crippen LogP contribution is -2.46. The van der Waals surface area contributed by atoms with Gasteiger partial charge in [0, 0.05) is 50.7 Å². The molecule has 0 heterocycles. The van der Waals surface area contributed by atoms with Gasteiger partial charge in [0.25, 0.3) is 0 Å². The van der Waals surface area contributed by atoms with Gasteiger partial charge in [0.1, 0.15) is 11.5 Å². The van der Waals surface area contributed by atoms with Crippen molar-refractivity contribution >= 4 is 36.4 Å². The molecule has 3 rings (SSSR count). The van der Waals surface area contributed by atoms with Crippen LogP contribution < -0.4 is 21.3 Å². The highest BCUT2D eigenvalue weighted by atomic mass is 35.5. The number of aliphatic hydroxyl groups is 2. The number of Topliss-reactive ketones (excluding diaryl/α,β-unsaturated/α-hetero) is 2. The Labute approximate surface area is 210 Å². The molecule has 0 saturated heterocycles. The van der Waals surface area contributed by atoms with Gasteiger partial charge in [-0.1, -0.05) is 0 Å². The van der Waals surface area contributed by atoms with Crippen LogP contribution in [0.4, 0.5) is 0 Å². The molecule has 2 aliphatic carbocycles. The highest BCUT2D eigenvalue weighted by molar-refractivity contribution is 6.20. The molecule has 0 amide bonds. The molecule has 8 N–H and O–H groups in total. The lowest BCUT2D eigenvalue weighted by molar-refractivity contribution is 0.0770. The zero-order valence-corrected chi connectivity index (χ0v) is 20.2. The van der Waals surface area contributed by atoms with Crippen molar-refractivity contribution < 1.29 is 30.0 Å². The Balaban J connectivity index is 0.00000289. The van der Waals surface area contributed by atoms with Crippen LogP contribution in [0.5, 0.6) is 11.5 Å². The summed E-state index contributed by atoms with van der Waals surface area (Å²) in [4.78, 5) is 26.9. The molecule has 2 atom stereocenters. The van der Waals surface area contributed by atoms with E-state index in [9.17, 15) is 19.8 Å². The third-order valence-electron chi connectivity index (χ3n) is 5.50. The van der Waals surface area contributed by atoms with Crippen molar-refractivity contribution in [1.82, 2.24) is 21.3 Å². The molecule has 190 valence electrons. The molecule has 10 nitrogen and oxygen atoms in total. The Morgan fingerprint density at radius 3 is 1.38 bits per heavy atom. The molecular weight excluding hydrogens is 487 g/mol. The van der Waals surface area contributed by atoms with E-state index in [0.29, 0.717) is 50.7 Å². The van der Waals surface area contributed by atoms with Crippen molar-refractivity contribution in [2.24, 2.45) is 11.8 Å². The highest BCUT2D eigenvalue weighted by Crippen LogP contribution is 2.44. The van der Waals surface area contributed by atoms with E-state index >= 15 is 0 Å². The van der Waals surface area contributed by atoms with Crippen molar-refractivity contribution in [3.05, 3.63) is 46.8 Å². The van der Waals surface area contributed by atoms with Gasteiger partial charge in [0.05, 0.1) is 36.2 Å². The number of nitrogens with one attached hydrogen (secondary N) is 4. The van der Waals surface area contributed by atoms with Crippen molar-refractivity contribution in [3.8, 4) is 11.5 Å². The van der Waals surface area contributed by atoms with E-state index in [4.69, 9.17) is 10.2 Å². The number of phenols is 2. The zero-order valence-electron chi connectivity index (χ0n) is 18.5. The fourth-order valence-electron chi connectivity index (χ4n) is 4.06. The number of aromatic hydroxyl groups is 2. The van der Waals surface area contributed by atoms with Gasteiger partial charge < -0.3 is 41.7 Å². The predicted octanol–water partition coefficient (Wildman–Crippen LogP) is -0.323. The third kappa shape index (κ3) is 6.41. The smallest absolute Gasteiger partial charge is 0.177 e. The Hall–Kier alpha value is -2.34. The first-order chi connectivity index (χ1) is 15.5. The van der Waals surface area contributed by atoms with E-state index in [1.165, 1.54) is 12.1 Å². The van der Waals surface area contributed by atoms with Crippen LogP contribution in [0.2, 0.25) is 0 Å². The molecule has 1 aromatic carbocycles. The normalized spacial score (nSPS) is 18.5. The first-order valence-electron chi connectivity index (χ1n) is 10.7. The number of phenolic OH excluding ortho intramolecular Hbond substituents is 2. The minimum absolute atomic E-state index is 0. The van der Waals surface area contributed by atoms with Crippen molar-refractivity contribution in [2.45, 2.75) is 0 Å². The highest BCUT2D eigenvalue weighted by Gasteiger charge is 2.48. The van der Waals surface area contributed by atoms with Gasteiger partial charge in [0.2, 0.25) is 0 Å². The number of halogens is 2. The number of aliphatic hydroxyl groups excluding tert-OH is 2. The minimum Gasteiger partial charge on any atom is -0.507 e. The molecule has 2 unspecified atom stereocenters. The second kappa shape index (κ2) is 14.1. The van der Waals surface area contributed by atoms with E-state index in [1.54, 1.807) is 12.2 Å². The number of carbonyl (C=O) groups is 2. The van der Waals surface area contributed by atoms with E-state index in [1.807, 2.05) is 0 Å². The second-order valence-corrected chi connectivity index (χ2v) is 7.58. The molecule has 0 radical (unpaired) electrons. The second-order valence-electron chi connectivity index (χ2n) is 7.58. The van der Waals surface area contributed by atoms with Crippen LogP contribution in [0.15, 0.2) is 35.7 Å². The summed E-state index contributed by atoms with van der Waals surface area (Å²) in [6.07, 6.45) is 3.49. The van der Waals surface area contributed by atoms with Crippen molar-refractivity contribution in [2.75, 3.05) is 52.5 Å². The summed E-state index contributed by atoms with van der Waals surface area (Å²) in [6, 6.07) is 2.42. The fourth-order valence-corrected chi connectivity index (χ4v) is 4.06. The quantitative estimate of drug-likeness (QED) is 0.136. The summed E-state index contributed by atoms with van der Waals surface area (Å²) in [5.74, 6) is -3.28. The van der Waals surface area contributed by atoms with E-state index in [2.05, 4.69) is 21.3 Å². The number of rotatable bonds is 12. The van der Waals surface area contributed by atoms with Crippen LogP contribution >= 0.6 is 24.8 Å². The molecule has 2 aliphatic rings. The minimum atomic E-state index is -0.863. The zero-order chi connectivity index (χ0) is 23.1. The number of ketones is 2. The summed E-state index contributed by atoms with van der Waals surface area (Å²) in [7, 11) is 0. The SMILES string of the molecule is Cl.Cl.O=C1c2c(O)ccc(O)c2C(=O)C2C(NCCNCCO)=CC=C(NCCNCCO)C12. The Bertz CT molecular complexity index is 852. The van der Waals surface area contributed by atoms with Crippen LogP contribution in [-0.4, -0.2) is 84.5 Å². The largest absolute Gasteiger partial charge is 0.507 e. The summed E-state index contributed by atoms with van der Waals surface area (Å²) >= 11 is 0. The molecule has 0 fully saturated rings. The standard InChI is InChI=1S/C22H30N4O6.2ClH/c27-11-9-23-5-7-25-13-1-2-14(26-8-6-24-10-12-28)18-17(13)21(31)19-15(29)3-4-16(30)20(19)22(18)32;;/h1-4,17-18,23-30H,5-12H2;2*1H. The fraction of sp³-hybridized carbons (Fsp3) is 0.455. The summed E-state index contributed by atoms with van der Waals surface area (Å²) in [5, 5.41) is 50.8. The van der Waals surface area contributed by atoms with Crippen molar-refractivity contribution in [3.63, 3.8) is 0 Å². The molecule has 0 aromatic heterocycles. The van der Waals surface area contributed by atoms with Gasteiger partial charge in [-0.2, -0.15) is 0 Å². The number of hydrogen-bond acceptors (Lipinski definition) is 10. The van der Waals surface area contributed by atoms with Gasteiger partial charge in [-0.3, -0.25) is 9.59 Å². The third-order valence-corrected chi connectivity index (χ3v) is 5.50. The molecule has 0 bridgehead atoms. The van der Waals surface area contributed by atoms with Crippen LogP contribution in [0.25, 0.3) is 0 Å². The Morgan fingerprint density at radius 2 is 1.03 bits per heavy atom. The number of allylic oxidation sites excluding steroid dienone is 4. The van der Waals surface area contributed by atoms with Gasteiger partial charge in [0.15, 0.2) is 11.6 Å². The lowest BCUT2D eigenvalue weighted by atomic mass is 9.68. The van der Waals surface area contributed by atoms with Crippen LogP contribution in [0.3, 0.4) is 0 Å². The summed E-state index contributed by atoms with van der Waals surface area (Å²) in [5.41, 5.74) is 0.787. The van der Waals surface area contributed by atoms with E-state index in [0.717, 1.165) is 0 Å². The average molecular weight is 519 g/mol. The predicted molar refractivity (Wildman–Crippen MR) is 132 cm³/mol. The van der Waals surface area contributed by atoms with Crippen LogP contribution in [0, 0.1) is 11.8 Å². The van der Waals surface area contributed by atoms with Gasteiger partial charge >= 0.3 is 0 Å². The topological polar surface area (TPSA) is 163 Å². The molecule has 0 spiro atoms. The molecule has 12 heteroatoms. The average Bonchev–Trinajstić information content (AvgIpc) is 2.78. The summed E-state index contributed by atoms with van der Waals surface area (Å²) < 4.78 is 0. The lowest BCUT2D eigenvalue weighted by Gasteiger charge is -2.37. The molecule has 1 aromatic rings. The molecule has 0 saturated carbocycles. The maximum Gasteiger partial charge on any atom is 0.177 e. The van der Waals surface area contributed by atoms with E-state index in [-0.39, 0.29) is 60.7 Å². The first-order valence-corrected chi connectivity index (χ1v) is 10.7. The maximum absolute atomic E-state index is 13.4. The van der Waals surface area contributed by atoms with Crippen molar-refractivity contribution in [1.29, 1.82) is 0 Å². The number of hydrogen-bond donors (Lipinski definition) is 8. The molecule has 34 heavy (non-hydrogen) atoms. The number of carbonyl (C=O) groups excluding carboxylic acids is 2. The molecular formula is C22H32Cl2N4O6. The van der Waals surface area contributed by atoms with Gasteiger partial charge in [-0.15, -0.1) is 24.8 Å². The van der Waals surface area contributed by atoms with E-state index < -0.39 is 23.4 Å². The monoisotopic (exact) mass is 518 g/mol.